The van der Waals surface area contributed by atoms with Crippen LogP contribution in [0.2, 0.25) is 0 Å². The van der Waals surface area contributed by atoms with Crippen LogP contribution in [0, 0.1) is 0 Å². The highest BCUT2D eigenvalue weighted by molar-refractivity contribution is 5.53. The summed E-state index contributed by atoms with van der Waals surface area (Å²) < 4.78 is 0. The molecule has 0 aliphatic heterocycles. The molecular formula is C15H24O2. The molecule has 0 saturated carbocycles. The van der Waals surface area contributed by atoms with E-state index in [0.29, 0.717) is 0 Å². The Hall–Kier alpha value is -1.18. The monoisotopic (exact) mass is 236 g/mol. The molecule has 0 atom stereocenters. The van der Waals surface area contributed by atoms with Crippen LogP contribution in [0.3, 0.4) is 0 Å². The largest absolute Gasteiger partial charge is 0.504 e. The Bertz CT molecular complexity index is 370. The van der Waals surface area contributed by atoms with E-state index in [0.717, 1.165) is 44.1 Å². The minimum Gasteiger partial charge on any atom is -0.504 e. The van der Waals surface area contributed by atoms with Gasteiger partial charge in [0.1, 0.15) is 0 Å². The van der Waals surface area contributed by atoms with Crippen LogP contribution in [-0.2, 0) is 19.3 Å². The van der Waals surface area contributed by atoms with Crippen molar-refractivity contribution < 1.29 is 10.2 Å². The molecule has 0 heterocycles. The zero-order valence-electron chi connectivity index (χ0n) is 11.2. The van der Waals surface area contributed by atoms with Gasteiger partial charge in [-0.15, -0.1) is 0 Å². The van der Waals surface area contributed by atoms with E-state index in [9.17, 15) is 10.2 Å². The van der Waals surface area contributed by atoms with E-state index in [4.69, 9.17) is 0 Å². The Labute approximate surface area is 104 Å². The second-order valence-corrected chi connectivity index (χ2v) is 4.57. The maximum absolute atomic E-state index is 9.94. The highest BCUT2D eigenvalue weighted by atomic mass is 16.3. The van der Waals surface area contributed by atoms with Crippen LogP contribution in [-0.4, -0.2) is 10.2 Å². The van der Waals surface area contributed by atoms with Gasteiger partial charge in [-0.2, -0.15) is 0 Å². The molecule has 2 nitrogen and oxygen atoms in total. The minimum absolute atomic E-state index is 0.0387. The SMILES string of the molecule is CCCCc1cc(O)c(O)c(CCC)c1CC. The maximum Gasteiger partial charge on any atom is 0.160 e. The number of benzene rings is 1. The number of rotatable bonds is 6. The summed E-state index contributed by atoms with van der Waals surface area (Å²) in [4.78, 5) is 0. The van der Waals surface area contributed by atoms with E-state index >= 15 is 0 Å². The summed E-state index contributed by atoms with van der Waals surface area (Å²) in [5, 5.41) is 19.7. The van der Waals surface area contributed by atoms with E-state index in [1.165, 1.54) is 11.1 Å². The number of phenolic OH excluding ortho intramolecular Hbond substituents is 2. The van der Waals surface area contributed by atoms with Crippen LogP contribution in [0.1, 0.15) is 56.7 Å². The van der Waals surface area contributed by atoms with Crippen molar-refractivity contribution in [3.8, 4) is 11.5 Å². The minimum atomic E-state index is 0.0387. The number of aryl methyl sites for hydroxylation is 1. The second-order valence-electron chi connectivity index (χ2n) is 4.57. The van der Waals surface area contributed by atoms with Gasteiger partial charge in [0, 0.05) is 5.56 Å². The molecule has 0 amide bonds. The first-order valence-corrected chi connectivity index (χ1v) is 6.71. The second kappa shape index (κ2) is 6.53. The van der Waals surface area contributed by atoms with Gasteiger partial charge in [-0.05, 0) is 42.9 Å². The molecule has 0 spiro atoms. The van der Waals surface area contributed by atoms with Crippen molar-refractivity contribution >= 4 is 0 Å². The van der Waals surface area contributed by atoms with Crippen LogP contribution in [0.4, 0.5) is 0 Å². The van der Waals surface area contributed by atoms with Crippen molar-refractivity contribution in [2.24, 2.45) is 0 Å². The van der Waals surface area contributed by atoms with Crippen LogP contribution in [0.15, 0.2) is 6.07 Å². The lowest BCUT2D eigenvalue weighted by atomic mass is 9.92. The molecule has 1 aromatic rings. The van der Waals surface area contributed by atoms with E-state index in [1.807, 2.05) is 0 Å². The van der Waals surface area contributed by atoms with Crippen molar-refractivity contribution in [1.82, 2.24) is 0 Å². The Morgan fingerprint density at radius 2 is 1.65 bits per heavy atom. The predicted octanol–water partition coefficient (Wildman–Crippen LogP) is 3.96. The molecule has 96 valence electrons. The number of aromatic hydroxyl groups is 2. The average Bonchev–Trinajstić information content (AvgIpc) is 2.33. The molecule has 0 aromatic heterocycles. The van der Waals surface area contributed by atoms with Crippen molar-refractivity contribution in [3.05, 3.63) is 22.8 Å². The smallest absolute Gasteiger partial charge is 0.160 e. The molecule has 0 saturated heterocycles. The Balaban J connectivity index is 3.20. The summed E-state index contributed by atoms with van der Waals surface area (Å²) in [6.07, 6.45) is 6.00. The summed E-state index contributed by atoms with van der Waals surface area (Å²) >= 11 is 0. The molecule has 2 N–H and O–H groups in total. The van der Waals surface area contributed by atoms with Gasteiger partial charge in [0.05, 0.1) is 0 Å². The Kier molecular flexibility index (Phi) is 5.33. The van der Waals surface area contributed by atoms with Gasteiger partial charge < -0.3 is 10.2 Å². The Morgan fingerprint density at radius 3 is 2.18 bits per heavy atom. The number of hydrogen-bond acceptors (Lipinski definition) is 2. The van der Waals surface area contributed by atoms with Crippen LogP contribution in [0.5, 0.6) is 11.5 Å². The summed E-state index contributed by atoms with van der Waals surface area (Å²) in [5.41, 5.74) is 3.38. The van der Waals surface area contributed by atoms with E-state index in [-0.39, 0.29) is 11.5 Å². The van der Waals surface area contributed by atoms with Gasteiger partial charge in [0.25, 0.3) is 0 Å². The predicted molar refractivity (Wildman–Crippen MR) is 71.8 cm³/mol. The molecular weight excluding hydrogens is 212 g/mol. The van der Waals surface area contributed by atoms with Gasteiger partial charge in [-0.1, -0.05) is 33.6 Å². The standard InChI is InChI=1S/C15H24O2/c1-4-7-9-11-10-14(16)15(17)13(8-5-2)12(11)6-3/h10,16-17H,4-9H2,1-3H3. The van der Waals surface area contributed by atoms with Gasteiger partial charge >= 0.3 is 0 Å². The summed E-state index contributed by atoms with van der Waals surface area (Å²) in [5.74, 6) is 0.126. The molecule has 0 fully saturated rings. The van der Waals surface area contributed by atoms with Gasteiger partial charge in [-0.3, -0.25) is 0 Å². The Morgan fingerprint density at radius 1 is 0.941 bits per heavy atom. The molecule has 0 radical (unpaired) electrons. The first-order valence-electron chi connectivity index (χ1n) is 6.71. The lowest BCUT2D eigenvalue weighted by Gasteiger charge is -2.16. The topological polar surface area (TPSA) is 40.5 Å². The van der Waals surface area contributed by atoms with Crippen molar-refractivity contribution in [2.75, 3.05) is 0 Å². The lowest BCUT2D eigenvalue weighted by Crippen LogP contribution is -2.00. The third kappa shape index (κ3) is 3.15. The van der Waals surface area contributed by atoms with E-state index in [2.05, 4.69) is 20.8 Å². The van der Waals surface area contributed by atoms with Gasteiger partial charge in [-0.25, -0.2) is 0 Å². The third-order valence-electron chi connectivity index (χ3n) is 3.24. The molecule has 2 heteroatoms. The number of unbranched alkanes of at least 4 members (excludes halogenated alkanes) is 1. The summed E-state index contributed by atoms with van der Waals surface area (Å²) in [7, 11) is 0. The zero-order chi connectivity index (χ0) is 12.8. The number of phenols is 2. The molecule has 0 aliphatic rings. The average molecular weight is 236 g/mol. The molecule has 0 aliphatic carbocycles. The molecule has 0 bridgehead atoms. The fourth-order valence-corrected chi connectivity index (χ4v) is 2.36. The highest BCUT2D eigenvalue weighted by Gasteiger charge is 2.15. The van der Waals surface area contributed by atoms with Crippen LogP contribution < -0.4 is 0 Å². The molecule has 1 rings (SSSR count). The van der Waals surface area contributed by atoms with E-state index < -0.39 is 0 Å². The maximum atomic E-state index is 9.94. The van der Waals surface area contributed by atoms with E-state index in [1.54, 1.807) is 6.07 Å². The van der Waals surface area contributed by atoms with Crippen molar-refractivity contribution in [3.63, 3.8) is 0 Å². The molecule has 0 unspecified atom stereocenters. The lowest BCUT2D eigenvalue weighted by molar-refractivity contribution is 0.397. The quantitative estimate of drug-likeness (QED) is 0.734. The highest BCUT2D eigenvalue weighted by Crippen LogP contribution is 2.36. The zero-order valence-corrected chi connectivity index (χ0v) is 11.2. The van der Waals surface area contributed by atoms with Gasteiger partial charge in [0.15, 0.2) is 11.5 Å². The van der Waals surface area contributed by atoms with Crippen molar-refractivity contribution in [1.29, 1.82) is 0 Å². The normalized spacial score (nSPS) is 10.8. The van der Waals surface area contributed by atoms with Crippen LogP contribution >= 0.6 is 0 Å². The van der Waals surface area contributed by atoms with Gasteiger partial charge in [0.2, 0.25) is 0 Å². The van der Waals surface area contributed by atoms with Crippen LogP contribution in [0.25, 0.3) is 0 Å². The first-order chi connectivity index (χ1) is 8.15. The fourth-order valence-electron chi connectivity index (χ4n) is 2.36. The third-order valence-corrected chi connectivity index (χ3v) is 3.24. The fraction of sp³-hybridized carbons (Fsp3) is 0.600. The van der Waals surface area contributed by atoms with Crippen molar-refractivity contribution in [2.45, 2.75) is 59.3 Å². The summed E-state index contributed by atoms with van der Waals surface area (Å²) in [6, 6.07) is 1.74. The molecule has 1 aromatic carbocycles. The first kappa shape index (κ1) is 13.9. The molecule has 17 heavy (non-hydrogen) atoms. The number of hydrogen-bond donors (Lipinski definition) is 2. The summed E-state index contributed by atoms with van der Waals surface area (Å²) in [6.45, 7) is 6.37.